The van der Waals surface area contributed by atoms with Gasteiger partial charge in [0.1, 0.15) is 0 Å². The van der Waals surface area contributed by atoms with Gasteiger partial charge in [0, 0.05) is 19.0 Å². The van der Waals surface area contributed by atoms with Crippen molar-refractivity contribution in [2.24, 2.45) is 5.73 Å². The molecule has 1 amide bonds. The predicted molar refractivity (Wildman–Crippen MR) is 72.3 cm³/mol. The number of nitrogens with zero attached hydrogens (tertiary/aromatic N) is 2. The van der Waals surface area contributed by atoms with E-state index in [4.69, 9.17) is 5.73 Å². The molecule has 1 rings (SSSR count). The normalized spacial score (nSPS) is 14.9. The van der Waals surface area contributed by atoms with Crippen molar-refractivity contribution in [1.29, 1.82) is 0 Å². The summed E-state index contributed by atoms with van der Waals surface area (Å²) in [4.78, 5) is 10.8. The number of aromatic nitrogens is 2. The lowest BCUT2D eigenvalue weighted by Crippen LogP contribution is -2.50. The van der Waals surface area contributed by atoms with Gasteiger partial charge in [-0.1, -0.05) is 18.3 Å². The van der Waals surface area contributed by atoms with Crippen molar-refractivity contribution >= 4 is 32.4 Å². The van der Waals surface area contributed by atoms with E-state index >= 15 is 0 Å². The molecule has 1 heterocycles. The van der Waals surface area contributed by atoms with E-state index in [0.717, 1.165) is 11.3 Å². The van der Waals surface area contributed by atoms with Gasteiger partial charge in [-0.05, 0) is 13.3 Å². The summed E-state index contributed by atoms with van der Waals surface area (Å²) in [6, 6.07) is 0. The van der Waals surface area contributed by atoms with Gasteiger partial charge in [-0.3, -0.25) is 4.79 Å². The summed E-state index contributed by atoms with van der Waals surface area (Å²) >= 11 is 0.784. The molecule has 8 nitrogen and oxygen atoms in total. The number of nitrogens with two attached hydrogens (primary N) is 1. The fourth-order valence-corrected chi connectivity index (χ4v) is 3.58. The van der Waals surface area contributed by atoms with Crippen molar-refractivity contribution in [2.45, 2.75) is 37.1 Å². The molecule has 108 valence electrons. The Balaban J connectivity index is 2.95. The summed E-state index contributed by atoms with van der Waals surface area (Å²) in [6.07, 6.45) is 0.542. The molecule has 0 aliphatic rings. The van der Waals surface area contributed by atoms with Gasteiger partial charge in [-0.15, -0.1) is 10.2 Å². The lowest BCUT2D eigenvalue weighted by atomic mass is 10.0. The first-order valence-corrected chi connectivity index (χ1v) is 7.87. The Bertz CT molecular complexity index is 550. The molecule has 1 unspecified atom stereocenters. The average molecular weight is 307 g/mol. The quantitative estimate of drug-likeness (QED) is 0.630. The minimum absolute atomic E-state index is 0.138. The molecule has 1 aromatic heterocycles. The van der Waals surface area contributed by atoms with Gasteiger partial charge in [0.15, 0.2) is 0 Å². The molecule has 4 N–H and O–H groups in total. The lowest BCUT2D eigenvalue weighted by Gasteiger charge is -2.26. The molecule has 0 spiro atoms. The standard InChI is InChI=1S/C9H17N5O3S2/c1-4-9(3,5-10)14-19(16,17)8-13-12-7(18-8)11-6(2)15/h14H,4-5,10H2,1-3H3,(H,11,12,15). The minimum Gasteiger partial charge on any atom is -0.329 e. The molecule has 0 saturated heterocycles. The Kier molecular flexibility index (Phi) is 4.96. The van der Waals surface area contributed by atoms with E-state index < -0.39 is 15.6 Å². The summed E-state index contributed by atoms with van der Waals surface area (Å²) in [6.45, 7) is 5.01. The average Bonchev–Trinajstić information content (AvgIpc) is 2.76. The molecule has 0 aromatic carbocycles. The molecular weight excluding hydrogens is 290 g/mol. The molecule has 0 fully saturated rings. The van der Waals surface area contributed by atoms with Gasteiger partial charge in [0.25, 0.3) is 10.0 Å². The number of sulfonamides is 1. The highest BCUT2D eigenvalue weighted by Crippen LogP contribution is 2.21. The van der Waals surface area contributed by atoms with E-state index in [2.05, 4.69) is 20.2 Å². The third-order valence-corrected chi connectivity index (χ3v) is 5.38. The molecule has 19 heavy (non-hydrogen) atoms. The van der Waals surface area contributed by atoms with Crippen LogP contribution in [0.15, 0.2) is 4.34 Å². The second-order valence-corrected chi connectivity index (χ2v) is 7.11. The summed E-state index contributed by atoms with van der Waals surface area (Å²) < 4.78 is 26.5. The van der Waals surface area contributed by atoms with Gasteiger partial charge in [-0.25, -0.2) is 13.1 Å². The topological polar surface area (TPSA) is 127 Å². The lowest BCUT2D eigenvalue weighted by molar-refractivity contribution is -0.114. The summed E-state index contributed by atoms with van der Waals surface area (Å²) in [5, 5.41) is 9.66. The molecule has 0 aliphatic carbocycles. The van der Waals surface area contributed by atoms with Gasteiger partial charge in [0.2, 0.25) is 15.4 Å². The number of nitrogens with one attached hydrogen (secondary N) is 2. The van der Waals surface area contributed by atoms with Crippen molar-refractivity contribution in [3.63, 3.8) is 0 Å². The fraction of sp³-hybridized carbons (Fsp3) is 0.667. The van der Waals surface area contributed by atoms with Crippen LogP contribution < -0.4 is 15.8 Å². The molecule has 0 aliphatic heterocycles. The first-order valence-electron chi connectivity index (χ1n) is 5.57. The number of carbonyl (C=O) groups excluding carboxylic acids is 1. The largest absolute Gasteiger partial charge is 0.329 e. The highest BCUT2D eigenvalue weighted by molar-refractivity contribution is 7.91. The van der Waals surface area contributed by atoms with E-state index in [1.54, 1.807) is 6.92 Å². The molecule has 1 aromatic rings. The van der Waals surface area contributed by atoms with Gasteiger partial charge < -0.3 is 11.1 Å². The molecular formula is C9H17N5O3S2. The molecule has 10 heteroatoms. The van der Waals surface area contributed by atoms with Crippen LogP contribution in [0.3, 0.4) is 0 Å². The van der Waals surface area contributed by atoms with E-state index in [1.807, 2.05) is 6.92 Å². The number of hydrogen-bond donors (Lipinski definition) is 3. The SMILES string of the molecule is CCC(C)(CN)NS(=O)(=O)c1nnc(NC(C)=O)s1. The first-order chi connectivity index (χ1) is 8.72. The van der Waals surface area contributed by atoms with Crippen molar-refractivity contribution < 1.29 is 13.2 Å². The number of amides is 1. The van der Waals surface area contributed by atoms with Gasteiger partial charge in [-0.2, -0.15) is 0 Å². The Morgan fingerprint density at radius 3 is 2.58 bits per heavy atom. The Morgan fingerprint density at radius 1 is 1.47 bits per heavy atom. The number of rotatable bonds is 6. The zero-order chi connectivity index (χ0) is 14.7. The maximum Gasteiger partial charge on any atom is 0.270 e. The van der Waals surface area contributed by atoms with E-state index in [9.17, 15) is 13.2 Å². The highest BCUT2D eigenvalue weighted by Gasteiger charge is 2.30. The van der Waals surface area contributed by atoms with Crippen LogP contribution in [0.1, 0.15) is 27.2 Å². The highest BCUT2D eigenvalue weighted by atomic mass is 32.2. The van der Waals surface area contributed by atoms with Crippen LogP contribution in [0, 0.1) is 0 Å². The molecule has 0 saturated carbocycles. The van der Waals surface area contributed by atoms with E-state index in [1.165, 1.54) is 6.92 Å². The predicted octanol–water partition coefficient (Wildman–Crippen LogP) is -0.0978. The Morgan fingerprint density at radius 2 is 2.11 bits per heavy atom. The van der Waals surface area contributed by atoms with Crippen LogP contribution in [-0.2, 0) is 14.8 Å². The first kappa shape index (κ1) is 16.0. The number of hydrogen-bond acceptors (Lipinski definition) is 7. The van der Waals surface area contributed by atoms with Gasteiger partial charge in [0.05, 0.1) is 0 Å². The smallest absolute Gasteiger partial charge is 0.270 e. The maximum absolute atomic E-state index is 12.1. The minimum atomic E-state index is -3.79. The zero-order valence-electron chi connectivity index (χ0n) is 10.9. The molecule has 0 bridgehead atoms. The monoisotopic (exact) mass is 307 g/mol. The second kappa shape index (κ2) is 5.90. The Labute approximate surface area is 115 Å². The van der Waals surface area contributed by atoms with E-state index in [0.29, 0.717) is 6.42 Å². The van der Waals surface area contributed by atoms with Crippen molar-refractivity contribution in [3.05, 3.63) is 0 Å². The van der Waals surface area contributed by atoms with Crippen molar-refractivity contribution in [2.75, 3.05) is 11.9 Å². The number of anilines is 1. The zero-order valence-corrected chi connectivity index (χ0v) is 12.6. The van der Waals surface area contributed by atoms with Crippen LogP contribution in [0.2, 0.25) is 0 Å². The van der Waals surface area contributed by atoms with Crippen molar-refractivity contribution in [3.8, 4) is 0 Å². The van der Waals surface area contributed by atoms with Gasteiger partial charge >= 0.3 is 0 Å². The fourth-order valence-electron chi connectivity index (χ4n) is 1.15. The summed E-state index contributed by atoms with van der Waals surface area (Å²) in [5.41, 5.74) is 4.82. The third kappa shape index (κ3) is 4.20. The maximum atomic E-state index is 12.1. The third-order valence-electron chi connectivity index (χ3n) is 2.53. The van der Waals surface area contributed by atoms with Crippen LogP contribution in [0.25, 0.3) is 0 Å². The number of carbonyl (C=O) groups is 1. The summed E-state index contributed by atoms with van der Waals surface area (Å²) in [7, 11) is -3.79. The van der Waals surface area contributed by atoms with Crippen LogP contribution in [0.5, 0.6) is 0 Å². The van der Waals surface area contributed by atoms with Crippen molar-refractivity contribution in [1.82, 2.24) is 14.9 Å². The van der Waals surface area contributed by atoms with E-state index in [-0.39, 0.29) is 21.9 Å². The molecule has 0 radical (unpaired) electrons. The summed E-state index contributed by atoms with van der Waals surface area (Å²) in [5.74, 6) is -0.339. The van der Waals surface area contributed by atoms with Crippen LogP contribution >= 0.6 is 11.3 Å². The van der Waals surface area contributed by atoms with Crippen LogP contribution in [-0.4, -0.2) is 36.6 Å². The Hall–Kier alpha value is -1.10. The second-order valence-electron chi connectivity index (χ2n) is 4.28. The van der Waals surface area contributed by atoms with Crippen LogP contribution in [0.4, 0.5) is 5.13 Å². The molecule has 1 atom stereocenters.